The van der Waals surface area contributed by atoms with Gasteiger partial charge in [0.15, 0.2) is 0 Å². The van der Waals surface area contributed by atoms with Crippen LogP contribution in [0.2, 0.25) is 0 Å². The Balaban J connectivity index is 1.65. The highest BCUT2D eigenvalue weighted by molar-refractivity contribution is 6.06. The number of rotatable bonds is 5. The number of pyridine rings is 1. The first-order chi connectivity index (χ1) is 14.7. The van der Waals surface area contributed by atoms with Crippen LogP contribution in [0.3, 0.4) is 0 Å². The molecule has 1 aromatic heterocycles. The van der Waals surface area contributed by atoms with Crippen LogP contribution >= 0.6 is 0 Å². The number of piperidine rings is 1. The number of ether oxygens (including phenoxy) is 2. The molecule has 2 amide bonds. The predicted molar refractivity (Wildman–Crippen MR) is 120 cm³/mol. The topological polar surface area (TPSA) is 80.8 Å². The number of nitrogens with one attached hydrogen (secondary N) is 1. The summed E-state index contributed by atoms with van der Waals surface area (Å²) in [5, 5.41) is 3.80. The number of hydrogen-bond donors (Lipinski definition) is 1. The van der Waals surface area contributed by atoms with Gasteiger partial charge in [-0.25, -0.2) is 4.79 Å². The van der Waals surface area contributed by atoms with Gasteiger partial charge in [0.2, 0.25) is 0 Å². The molecule has 2 aromatic rings. The summed E-state index contributed by atoms with van der Waals surface area (Å²) in [5.74, 6) is 0.799. The largest absolute Gasteiger partial charge is 0.497 e. The maximum Gasteiger partial charge on any atom is 0.410 e. The van der Waals surface area contributed by atoms with Crippen LogP contribution in [0.25, 0.3) is 10.9 Å². The second-order valence-corrected chi connectivity index (χ2v) is 8.83. The van der Waals surface area contributed by atoms with Crippen LogP contribution < -0.4 is 10.1 Å². The molecule has 0 spiro atoms. The van der Waals surface area contributed by atoms with E-state index in [0.717, 1.165) is 17.3 Å². The Kier molecular flexibility index (Phi) is 6.83. The summed E-state index contributed by atoms with van der Waals surface area (Å²) < 4.78 is 10.8. The molecule has 7 heteroatoms. The summed E-state index contributed by atoms with van der Waals surface area (Å²) in [6.45, 7) is 11.1. The fourth-order valence-corrected chi connectivity index (χ4v) is 3.81. The molecular weight excluding hydrogens is 394 g/mol. The first kappa shape index (κ1) is 22.6. The van der Waals surface area contributed by atoms with E-state index in [1.165, 1.54) is 0 Å². The van der Waals surface area contributed by atoms with E-state index in [-0.39, 0.29) is 23.8 Å². The summed E-state index contributed by atoms with van der Waals surface area (Å²) in [6, 6.07) is 7.20. The van der Waals surface area contributed by atoms with Crippen LogP contribution in [-0.2, 0) is 4.74 Å². The van der Waals surface area contributed by atoms with Crippen LogP contribution in [-0.4, -0.2) is 54.2 Å². The maximum atomic E-state index is 12.9. The zero-order valence-corrected chi connectivity index (χ0v) is 18.7. The number of aromatic nitrogens is 1. The second-order valence-electron chi connectivity index (χ2n) is 8.83. The highest BCUT2D eigenvalue weighted by Gasteiger charge is 2.32. The first-order valence-electron chi connectivity index (χ1n) is 10.5. The van der Waals surface area contributed by atoms with Gasteiger partial charge in [-0.05, 0) is 63.3 Å². The van der Waals surface area contributed by atoms with Crippen molar-refractivity contribution in [3.8, 4) is 5.75 Å². The van der Waals surface area contributed by atoms with E-state index in [9.17, 15) is 9.59 Å². The standard InChI is InChI=1S/C24H31N3O4/c1-6-16-15-27(23(29)31-24(2,3)4)12-10-17(16)14-26-22(28)19-9-11-25-21-8-7-18(30-5)13-20(19)21/h6-9,11,13,16-17H,1,10,12,14-15H2,2-5H3,(H,26,28)/t16-,17-/m0/s1. The number of carbonyl (C=O) groups excluding carboxylic acids is 2. The van der Waals surface area contributed by atoms with Gasteiger partial charge in [0.25, 0.3) is 5.91 Å². The molecule has 166 valence electrons. The quantitative estimate of drug-likeness (QED) is 0.732. The Morgan fingerprint density at radius 3 is 2.77 bits per heavy atom. The zero-order chi connectivity index (χ0) is 22.6. The normalized spacial score (nSPS) is 19.0. The predicted octanol–water partition coefficient (Wildman–Crippen LogP) is 4.03. The van der Waals surface area contributed by atoms with Gasteiger partial charge in [-0.2, -0.15) is 0 Å². The van der Waals surface area contributed by atoms with E-state index in [4.69, 9.17) is 9.47 Å². The maximum absolute atomic E-state index is 12.9. The molecule has 0 saturated carbocycles. The van der Waals surface area contributed by atoms with Crippen molar-refractivity contribution in [1.29, 1.82) is 0 Å². The van der Waals surface area contributed by atoms with Crippen molar-refractivity contribution in [3.63, 3.8) is 0 Å². The molecule has 2 heterocycles. The molecule has 1 fully saturated rings. The minimum Gasteiger partial charge on any atom is -0.497 e. The Labute approximate surface area is 183 Å². The van der Waals surface area contributed by atoms with E-state index in [2.05, 4.69) is 16.9 Å². The summed E-state index contributed by atoms with van der Waals surface area (Å²) in [4.78, 5) is 31.4. The lowest BCUT2D eigenvalue weighted by molar-refractivity contribution is 0.0137. The molecule has 0 radical (unpaired) electrons. The van der Waals surface area contributed by atoms with E-state index in [0.29, 0.717) is 30.9 Å². The lowest BCUT2D eigenvalue weighted by Crippen LogP contribution is -2.47. The minimum absolute atomic E-state index is 0.0795. The molecule has 1 saturated heterocycles. The molecule has 1 aliphatic rings. The van der Waals surface area contributed by atoms with Gasteiger partial charge in [0, 0.05) is 31.2 Å². The number of hydrogen-bond acceptors (Lipinski definition) is 5. The van der Waals surface area contributed by atoms with Crippen molar-refractivity contribution in [2.75, 3.05) is 26.7 Å². The highest BCUT2D eigenvalue weighted by atomic mass is 16.6. The van der Waals surface area contributed by atoms with Gasteiger partial charge in [0.1, 0.15) is 11.4 Å². The number of amides is 2. The van der Waals surface area contributed by atoms with Crippen LogP contribution in [0.5, 0.6) is 5.75 Å². The number of nitrogens with zero attached hydrogens (tertiary/aromatic N) is 2. The fraction of sp³-hybridized carbons (Fsp3) is 0.458. The number of fused-ring (bicyclic) bond motifs is 1. The van der Waals surface area contributed by atoms with Gasteiger partial charge < -0.3 is 19.7 Å². The fourth-order valence-electron chi connectivity index (χ4n) is 3.81. The number of benzene rings is 1. The van der Waals surface area contributed by atoms with E-state index in [1.54, 1.807) is 24.3 Å². The summed E-state index contributed by atoms with van der Waals surface area (Å²) in [7, 11) is 1.59. The minimum atomic E-state index is -0.526. The Bertz CT molecular complexity index is 967. The lowest BCUT2D eigenvalue weighted by atomic mass is 9.85. The van der Waals surface area contributed by atoms with Gasteiger partial charge in [0.05, 0.1) is 18.2 Å². The van der Waals surface area contributed by atoms with Crippen molar-refractivity contribution in [1.82, 2.24) is 15.2 Å². The molecule has 1 aromatic carbocycles. The molecule has 7 nitrogen and oxygen atoms in total. The molecule has 1 aliphatic heterocycles. The number of methoxy groups -OCH3 is 1. The van der Waals surface area contributed by atoms with Crippen molar-refractivity contribution in [2.45, 2.75) is 32.8 Å². The third kappa shape index (κ3) is 5.54. The van der Waals surface area contributed by atoms with Crippen LogP contribution in [0, 0.1) is 11.8 Å². The second kappa shape index (κ2) is 9.37. The van der Waals surface area contributed by atoms with Crippen molar-refractivity contribution in [3.05, 3.63) is 48.7 Å². The van der Waals surface area contributed by atoms with Gasteiger partial charge in [-0.3, -0.25) is 9.78 Å². The Morgan fingerprint density at radius 1 is 1.32 bits per heavy atom. The number of carbonyl (C=O) groups is 2. The van der Waals surface area contributed by atoms with Crippen LogP contribution in [0.15, 0.2) is 43.1 Å². The molecule has 3 rings (SSSR count). The smallest absolute Gasteiger partial charge is 0.410 e. The summed E-state index contributed by atoms with van der Waals surface area (Å²) in [6.07, 6.45) is 3.95. The Morgan fingerprint density at radius 2 is 2.10 bits per heavy atom. The molecular formula is C24H31N3O4. The zero-order valence-electron chi connectivity index (χ0n) is 18.7. The van der Waals surface area contributed by atoms with Gasteiger partial charge in [-0.1, -0.05) is 6.08 Å². The molecule has 0 aliphatic carbocycles. The lowest BCUT2D eigenvalue weighted by Gasteiger charge is -2.38. The van der Waals surface area contributed by atoms with Gasteiger partial charge >= 0.3 is 6.09 Å². The summed E-state index contributed by atoms with van der Waals surface area (Å²) >= 11 is 0. The van der Waals surface area contributed by atoms with E-state index < -0.39 is 5.60 Å². The molecule has 2 atom stereocenters. The average molecular weight is 426 g/mol. The van der Waals surface area contributed by atoms with Crippen LogP contribution in [0.4, 0.5) is 4.79 Å². The van der Waals surface area contributed by atoms with E-state index in [1.807, 2.05) is 45.0 Å². The SMILES string of the molecule is C=C[C@H]1CN(C(=O)OC(C)(C)C)CC[C@H]1CNC(=O)c1ccnc2ccc(OC)cc12. The average Bonchev–Trinajstić information content (AvgIpc) is 2.75. The summed E-state index contributed by atoms with van der Waals surface area (Å²) in [5.41, 5.74) is 0.773. The highest BCUT2D eigenvalue weighted by Crippen LogP contribution is 2.26. The molecule has 1 N–H and O–H groups in total. The first-order valence-corrected chi connectivity index (χ1v) is 10.5. The Hall–Kier alpha value is -3.09. The van der Waals surface area contributed by atoms with E-state index >= 15 is 0 Å². The number of likely N-dealkylation sites (tertiary alicyclic amines) is 1. The third-order valence-electron chi connectivity index (χ3n) is 5.48. The van der Waals surface area contributed by atoms with Gasteiger partial charge in [-0.15, -0.1) is 6.58 Å². The van der Waals surface area contributed by atoms with Crippen LogP contribution in [0.1, 0.15) is 37.6 Å². The monoisotopic (exact) mass is 425 g/mol. The molecule has 31 heavy (non-hydrogen) atoms. The van der Waals surface area contributed by atoms with Crippen molar-refractivity contribution < 1.29 is 19.1 Å². The van der Waals surface area contributed by atoms with Crippen molar-refractivity contribution >= 4 is 22.9 Å². The van der Waals surface area contributed by atoms with Crippen molar-refractivity contribution in [2.24, 2.45) is 11.8 Å². The molecule has 0 unspecified atom stereocenters. The third-order valence-corrected chi connectivity index (χ3v) is 5.48. The molecule has 0 bridgehead atoms.